The van der Waals surface area contributed by atoms with Crippen molar-refractivity contribution in [2.45, 2.75) is 13.8 Å². The van der Waals surface area contributed by atoms with Crippen molar-refractivity contribution in [2.75, 3.05) is 0 Å². The Hall–Kier alpha value is -1.12. The summed E-state index contributed by atoms with van der Waals surface area (Å²) in [7, 11) is 0. The van der Waals surface area contributed by atoms with Crippen molar-refractivity contribution in [2.24, 2.45) is 0 Å². The molecule has 0 aromatic heterocycles. The van der Waals surface area contributed by atoms with Crippen LogP contribution in [0.5, 0.6) is 0 Å². The molecule has 0 bridgehead atoms. The zero-order valence-electron chi connectivity index (χ0n) is 10.1. The molecule has 0 amide bonds. The Labute approximate surface area is 120 Å². The summed E-state index contributed by atoms with van der Waals surface area (Å²) >= 11 is 9.33. The van der Waals surface area contributed by atoms with Crippen LogP contribution in [0.4, 0.5) is 0 Å². The summed E-state index contributed by atoms with van der Waals surface area (Å²) in [6.45, 7) is 3.91. The predicted molar refractivity (Wildman–Crippen MR) is 78.5 cm³/mol. The zero-order chi connectivity index (χ0) is 13.3. The van der Waals surface area contributed by atoms with Crippen molar-refractivity contribution in [1.29, 1.82) is 0 Å². The molecule has 0 heterocycles. The summed E-state index contributed by atoms with van der Waals surface area (Å²) in [5.41, 5.74) is 3.39. The molecule has 0 aliphatic heterocycles. The Morgan fingerprint density at radius 3 is 2.50 bits per heavy atom. The van der Waals surface area contributed by atoms with Gasteiger partial charge < -0.3 is 0 Å². The first-order valence-corrected chi connectivity index (χ1v) is 6.73. The zero-order valence-corrected chi connectivity index (χ0v) is 12.5. The molecule has 0 saturated heterocycles. The van der Waals surface area contributed by atoms with Gasteiger partial charge in [0.15, 0.2) is 5.78 Å². The first-order chi connectivity index (χ1) is 8.49. The second-order valence-corrected chi connectivity index (χ2v) is 5.54. The van der Waals surface area contributed by atoms with Crippen molar-refractivity contribution in [3.05, 3.63) is 68.1 Å². The lowest BCUT2D eigenvalue weighted by molar-refractivity contribution is 0.103. The molecule has 2 rings (SSSR count). The maximum absolute atomic E-state index is 12.4. The van der Waals surface area contributed by atoms with Gasteiger partial charge in [-0.2, -0.15) is 0 Å². The van der Waals surface area contributed by atoms with Gasteiger partial charge in [-0.05, 0) is 59.6 Å². The second-order valence-electron chi connectivity index (χ2n) is 4.28. The molecule has 0 unspecified atom stereocenters. The molecule has 0 fully saturated rings. The van der Waals surface area contributed by atoms with Gasteiger partial charge in [0.1, 0.15) is 0 Å². The highest BCUT2D eigenvalue weighted by molar-refractivity contribution is 9.10. The van der Waals surface area contributed by atoms with Gasteiger partial charge in [-0.15, -0.1) is 0 Å². The van der Waals surface area contributed by atoms with E-state index in [1.165, 1.54) is 0 Å². The van der Waals surface area contributed by atoms with Gasteiger partial charge in [0.2, 0.25) is 0 Å². The van der Waals surface area contributed by atoms with Crippen LogP contribution in [-0.2, 0) is 0 Å². The van der Waals surface area contributed by atoms with Gasteiger partial charge in [-0.25, -0.2) is 0 Å². The Bertz CT molecular complexity index is 620. The molecule has 2 aromatic carbocycles. The quantitative estimate of drug-likeness (QED) is 0.715. The second kappa shape index (κ2) is 5.25. The fourth-order valence-corrected chi connectivity index (χ4v) is 2.20. The third kappa shape index (κ3) is 2.65. The molecule has 0 aliphatic carbocycles. The first kappa shape index (κ1) is 13.3. The molecule has 0 atom stereocenters. The summed E-state index contributed by atoms with van der Waals surface area (Å²) in [6, 6.07) is 11.1. The monoisotopic (exact) mass is 322 g/mol. The molecule has 18 heavy (non-hydrogen) atoms. The normalized spacial score (nSPS) is 10.4. The third-order valence-corrected chi connectivity index (χ3v) is 4.05. The number of aryl methyl sites for hydroxylation is 2. The number of carbonyl (C=O) groups excluding carboxylic acids is 1. The number of benzene rings is 2. The minimum absolute atomic E-state index is 0.00519. The summed E-state index contributed by atoms with van der Waals surface area (Å²) in [5.74, 6) is 0.00519. The van der Waals surface area contributed by atoms with Crippen molar-refractivity contribution < 1.29 is 4.79 Å². The van der Waals surface area contributed by atoms with Gasteiger partial charge >= 0.3 is 0 Å². The van der Waals surface area contributed by atoms with Crippen LogP contribution in [0.2, 0.25) is 5.02 Å². The number of hydrogen-bond acceptors (Lipinski definition) is 1. The molecular weight excluding hydrogens is 312 g/mol. The van der Waals surface area contributed by atoms with E-state index in [1.807, 2.05) is 32.0 Å². The van der Waals surface area contributed by atoms with Crippen LogP contribution in [0.3, 0.4) is 0 Å². The maximum Gasteiger partial charge on any atom is 0.193 e. The highest BCUT2D eigenvalue weighted by atomic mass is 79.9. The van der Waals surface area contributed by atoms with Crippen LogP contribution in [0, 0.1) is 13.8 Å². The predicted octanol–water partition coefficient (Wildman–Crippen LogP) is 4.95. The van der Waals surface area contributed by atoms with Crippen molar-refractivity contribution in [3.8, 4) is 0 Å². The minimum Gasteiger partial charge on any atom is -0.289 e. The average molecular weight is 324 g/mol. The number of halogens is 2. The molecule has 2 aromatic rings. The minimum atomic E-state index is 0.00519. The Kier molecular flexibility index (Phi) is 3.88. The average Bonchev–Trinajstić information content (AvgIpc) is 2.35. The van der Waals surface area contributed by atoms with Crippen LogP contribution in [0.1, 0.15) is 27.0 Å². The number of ketones is 1. The standard InChI is InChI=1S/C15H12BrClO/c1-9-3-4-10(2)12(7-9)15(18)11-5-6-13(16)14(17)8-11/h3-8H,1-2H3. The van der Waals surface area contributed by atoms with Gasteiger partial charge in [-0.1, -0.05) is 29.3 Å². The van der Waals surface area contributed by atoms with E-state index in [-0.39, 0.29) is 5.78 Å². The van der Waals surface area contributed by atoms with Crippen LogP contribution in [0.25, 0.3) is 0 Å². The van der Waals surface area contributed by atoms with Crippen molar-refractivity contribution >= 4 is 33.3 Å². The Morgan fingerprint density at radius 2 is 1.83 bits per heavy atom. The molecule has 1 nitrogen and oxygen atoms in total. The lowest BCUT2D eigenvalue weighted by atomic mass is 9.97. The van der Waals surface area contributed by atoms with E-state index in [0.29, 0.717) is 10.6 Å². The summed E-state index contributed by atoms with van der Waals surface area (Å²) < 4.78 is 0.793. The maximum atomic E-state index is 12.4. The molecule has 3 heteroatoms. The summed E-state index contributed by atoms with van der Waals surface area (Å²) in [4.78, 5) is 12.4. The van der Waals surface area contributed by atoms with Crippen molar-refractivity contribution in [1.82, 2.24) is 0 Å². The van der Waals surface area contributed by atoms with Crippen molar-refractivity contribution in [3.63, 3.8) is 0 Å². The fraction of sp³-hybridized carbons (Fsp3) is 0.133. The molecule has 0 radical (unpaired) electrons. The van der Waals surface area contributed by atoms with Crippen LogP contribution in [-0.4, -0.2) is 5.78 Å². The topological polar surface area (TPSA) is 17.1 Å². The van der Waals surface area contributed by atoms with Crippen LogP contribution < -0.4 is 0 Å². The number of hydrogen-bond donors (Lipinski definition) is 0. The smallest absolute Gasteiger partial charge is 0.193 e. The first-order valence-electron chi connectivity index (χ1n) is 5.56. The number of carbonyl (C=O) groups is 1. The SMILES string of the molecule is Cc1ccc(C)c(C(=O)c2ccc(Br)c(Cl)c2)c1. The van der Waals surface area contributed by atoms with E-state index >= 15 is 0 Å². The van der Waals surface area contributed by atoms with Gasteiger partial charge in [0.05, 0.1) is 5.02 Å². The van der Waals surface area contributed by atoms with Gasteiger partial charge in [-0.3, -0.25) is 4.79 Å². The molecule has 92 valence electrons. The van der Waals surface area contributed by atoms with Crippen LogP contribution in [0.15, 0.2) is 40.9 Å². The number of rotatable bonds is 2. The van der Waals surface area contributed by atoms with Gasteiger partial charge in [0.25, 0.3) is 0 Å². The van der Waals surface area contributed by atoms with Crippen LogP contribution >= 0.6 is 27.5 Å². The highest BCUT2D eigenvalue weighted by Crippen LogP contribution is 2.25. The van der Waals surface area contributed by atoms with Gasteiger partial charge in [0, 0.05) is 15.6 Å². The largest absolute Gasteiger partial charge is 0.289 e. The molecule has 0 spiro atoms. The molecule has 0 saturated carbocycles. The molecular formula is C15H12BrClO. The third-order valence-electron chi connectivity index (χ3n) is 2.82. The molecule has 0 aliphatic rings. The summed E-state index contributed by atoms with van der Waals surface area (Å²) in [5, 5.41) is 0.547. The molecule has 0 N–H and O–H groups in total. The fourth-order valence-electron chi connectivity index (χ4n) is 1.77. The summed E-state index contributed by atoms with van der Waals surface area (Å²) in [6.07, 6.45) is 0. The Balaban J connectivity index is 2.47. The van der Waals surface area contributed by atoms with E-state index in [0.717, 1.165) is 21.2 Å². The highest BCUT2D eigenvalue weighted by Gasteiger charge is 2.13. The van der Waals surface area contributed by atoms with E-state index in [1.54, 1.807) is 18.2 Å². The van der Waals surface area contributed by atoms with E-state index in [4.69, 9.17) is 11.6 Å². The Morgan fingerprint density at radius 1 is 1.11 bits per heavy atom. The van der Waals surface area contributed by atoms with E-state index in [9.17, 15) is 4.79 Å². The lowest BCUT2D eigenvalue weighted by Gasteiger charge is -2.07. The lowest BCUT2D eigenvalue weighted by Crippen LogP contribution is -2.04. The van der Waals surface area contributed by atoms with E-state index < -0.39 is 0 Å². The van der Waals surface area contributed by atoms with E-state index in [2.05, 4.69) is 15.9 Å².